The second kappa shape index (κ2) is 8.25. The van der Waals surface area contributed by atoms with Gasteiger partial charge in [0.1, 0.15) is 17.7 Å². The van der Waals surface area contributed by atoms with Crippen LogP contribution in [0.1, 0.15) is 39.8 Å². The molecule has 0 bridgehead atoms. The highest BCUT2D eigenvalue weighted by atomic mass is 16.6. The van der Waals surface area contributed by atoms with Crippen molar-refractivity contribution in [1.82, 2.24) is 24.8 Å². The number of nitrogens with two attached hydrogens (primary N) is 1. The van der Waals surface area contributed by atoms with Crippen molar-refractivity contribution in [3.63, 3.8) is 0 Å². The molecule has 3 heterocycles. The maximum Gasteiger partial charge on any atom is 0.252 e. The number of anilines is 2. The fourth-order valence-electron chi connectivity index (χ4n) is 3.25. The van der Waals surface area contributed by atoms with E-state index in [9.17, 15) is 15.0 Å². The third-order valence-electron chi connectivity index (χ3n) is 4.89. The number of ether oxygens (including phenoxy) is 1. The fraction of sp³-hybridized carbons (Fsp3) is 0.647. The van der Waals surface area contributed by atoms with Crippen molar-refractivity contribution in [1.29, 1.82) is 0 Å². The molecular weight excluding hydrogens is 366 g/mol. The number of carbonyl (C=O) groups is 1. The number of aliphatic hydroxyl groups is 2. The second-order valence-electron chi connectivity index (χ2n) is 6.74. The van der Waals surface area contributed by atoms with Crippen LogP contribution in [0.25, 0.3) is 11.2 Å². The molecule has 0 spiro atoms. The van der Waals surface area contributed by atoms with Gasteiger partial charge in [0.05, 0.1) is 6.33 Å². The summed E-state index contributed by atoms with van der Waals surface area (Å²) in [7, 11) is 0. The van der Waals surface area contributed by atoms with Gasteiger partial charge in [0, 0.05) is 12.6 Å². The summed E-state index contributed by atoms with van der Waals surface area (Å²) >= 11 is 0. The summed E-state index contributed by atoms with van der Waals surface area (Å²) in [6, 6.07) is 0.186. The fourth-order valence-corrected chi connectivity index (χ4v) is 3.25. The van der Waals surface area contributed by atoms with E-state index in [1.54, 1.807) is 6.92 Å². The summed E-state index contributed by atoms with van der Waals surface area (Å²) in [5.41, 5.74) is 6.71. The average molecular weight is 393 g/mol. The highest BCUT2D eigenvalue weighted by Crippen LogP contribution is 2.32. The molecule has 11 nitrogen and oxygen atoms in total. The molecule has 0 aromatic carbocycles. The van der Waals surface area contributed by atoms with E-state index in [2.05, 4.69) is 39.4 Å². The van der Waals surface area contributed by atoms with E-state index in [0.29, 0.717) is 23.7 Å². The minimum Gasteiger partial charge on any atom is -0.387 e. The molecule has 1 amide bonds. The molecule has 0 unspecified atom stereocenters. The Labute approximate surface area is 162 Å². The van der Waals surface area contributed by atoms with Crippen LogP contribution >= 0.6 is 0 Å². The predicted octanol–water partition coefficient (Wildman–Crippen LogP) is -0.236. The second-order valence-corrected chi connectivity index (χ2v) is 6.74. The Morgan fingerprint density at radius 1 is 1.29 bits per heavy atom. The lowest BCUT2D eigenvalue weighted by atomic mass is 10.1. The minimum absolute atomic E-state index is 0.186. The van der Waals surface area contributed by atoms with Gasteiger partial charge >= 0.3 is 0 Å². The van der Waals surface area contributed by atoms with Crippen molar-refractivity contribution >= 4 is 28.8 Å². The molecular formula is C17H27N7O4. The number of aromatic nitrogens is 4. The van der Waals surface area contributed by atoms with Gasteiger partial charge in [-0.25, -0.2) is 4.98 Å². The van der Waals surface area contributed by atoms with Crippen LogP contribution in [0.2, 0.25) is 0 Å². The first-order valence-electron chi connectivity index (χ1n) is 9.47. The summed E-state index contributed by atoms with van der Waals surface area (Å²) in [5, 5.41) is 26.5. The number of nitrogen functional groups attached to an aromatic ring is 1. The number of nitrogens with zero attached hydrogens (tertiary/aromatic N) is 4. The SMILES string of the molecule is CCNC(=O)[C@H]1O[C@@H](n2cnc3c(N)nc(NC(CC)CC)nc32)[C@H](O)[C@@H]1O. The van der Waals surface area contributed by atoms with Gasteiger partial charge in [-0.2, -0.15) is 9.97 Å². The molecule has 154 valence electrons. The van der Waals surface area contributed by atoms with Crippen LogP contribution in [0.15, 0.2) is 6.33 Å². The minimum atomic E-state index is -1.38. The molecule has 2 aromatic heterocycles. The monoisotopic (exact) mass is 393 g/mol. The van der Waals surface area contributed by atoms with Crippen LogP contribution in [0.4, 0.5) is 11.8 Å². The first-order chi connectivity index (χ1) is 13.4. The average Bonchev–Trinajstić information content (AvgIpc) is 3.22. The van der Waals surface area contributed by atoms with Gasteiger partial charge in [0.25, 0.3) is 5.91 Å². The van der Waals surface area contributed by atoms with Crippen molar-refractivity contribution in [2.45, 2.75) is 64.2 Å². The topological polar surface area (TPSA) is 160 Å². The zero-order chi connectivity index (χ0) is 20.4. The number of likely N-dealkylation sites (N-methyl/N-ethyl adjacent to an activating group) is 1. The number of amides is 1. The van der Waals surface area contributed by atoms with E-state index >= 15 is 0 Å². The van der Waals surface area contributed by atoms with E-state index < -0.39 is 30.4 Å². The molecule has 3 rings (SSSR count). The Balaban J connectivity index is 1.94. The molecule has 4 atom stereocenters. The third kappa shape index (κ3) is 3.60. The number of hydrogen-bond acceptors (Lipinski definition) is 9. The van der Waals surface area contributed by atoms with E-state index in [4.69, 9.17) is 10.5 Å². The summed E-state index contributed by atoms with van der Waals surface area (Å²) in [6.07, 6.45) is -1.77. The zero-order valence-electron chi connectivity index (χ0n) is 16.2. The van der Waals surface area contributed by atoms with Crippen LogP contribution in [0.3, 0.4) is 0 Å². The molecule has 1 aliphatic heterocycles. The van der Waals surface area contributed by atoms with Crippen molar-refractivity contribution in [2.75, 3.05) is 17.6 Å². The quantitative estimate of drug-likeness (QED) is 0.428. The summed E-state index contributed by atoms with van der Waals surface area (Å²) in [6.45, 7) is 6.25. The van der Waals surface area contributed by atoms with E-state index in [-0.39, 0.29) is 11.9 Å². The highest BCUT2D eigenvalue weighted by molar-refractivity contribution is 5.83. The Hall–Kier alpha value is -2.50. The number of aliphatic hydroxyl groups excluding tert-OH is 2. The summed E-state index contributed by atoms with van der Waals surface area (Å²) < 4.78 is 7.10. The third-order valence-corrected chi connectivity index (χ3v) is 4.89. The van der Waals surface area contributed by atoms with Crippen molar-refractivity contribution in [3.05, 3.63) is 6.33 Å². The molecule has 1 saturated heterocycles. The Kier molecular flexibility index (Phi) is 5.96. The molecule has 11 heteroatoms. The molecule has 6 N–H and O–H groups in total. The molecule has 0 saturated carbocycles. The van der Waals surface area contributed by atoms with E-state index in [1.165, 1.54) is 10.9 Å². The zero-order valence-corrected chi connectivity index (χ0v) is 16.2. The molecule has 0 radical (unpaired) electrons. The van der Waals surface area contributed by atoms with E-state index in [1.807, 2.05) is 0 Å². The van der Waals surface area contributed by atoms with E-state index in [0.717, 1.165) is 12.8 Å². The standard InChI is InChI=1S/C17H27N7O4/c1-4-8(5-2)21-17-22-13(18)9-14(23-17)24(7-20-9)16-11(26)10(25)12(28-16)15(27)19-6-3/h7-8,10-12,16,25-26H,4-6H2,1-3H3,(H,19,27)(H3,18,21,22,23)/t10-,11+,12-,16+/m0/s1. The lowest BCUT2D eigenvalue weighted by molar-refractivity contribution is -0.137. The van der Waals surface area contributed by atoms with Gasteiger partial charge in [-0.15, -0.1) is 0 Å². The first-order valence-corrected chi connectivity index (χ1v) is 9.47. The smallest absolute Gasteiger partial charge is 0.252 e. The van der Waals surface area contributed by atoms with Crippen LogP contribution in [-0.2, 0) is 9.53 Å². The van der Waals surface area contributed by atoms with Gasteiger partial charge in [-0.3, -0.25) is 9.36 Å². The number of fused-ring (bicyclic) bond motifs is 1. The number of imidazole rings is 1. The van der Waals surface area contributed by atoms with Crippen molar-refractivity contribution < 1.29 is 19.7 Å². The van der Waals surface area contributed by atoms with Gasteiger partial charge < -0.3 is 31.3 Å². The van der Waals surface area contributed by atoms with Gasteiger partial charge in [-0.05, 0) is 19.8 Å². The Morgan fingerprint density at radius 3 is 2.64 bits per heavy atom. The summed E-state index contributed by atoms with van der Waals surface area (Å²) in [5.74, 6) is 0.0329. The van der Waals surface area contributed by atoms with Crippen molar-refractivity contribution in [3.8, 4) is 0 Å². The Bertz CT molecular complexity index is 838. The maximum absolute atomic E-state index is 12.1. The van der Waals surface area contributed by atoms with Crippen LogP contribution in [0.5, 0.6) is 0 Å². The first kappa shape index (κ1) is 20.2. The van der Waals surface area contributed by atoms with Crippen molar-refractivity contribution in [2.24, 2.45) is 0 Å². The molecule has 2 aromatic rings. The molecule has 1 fully saturated rings. The molecule has 1 aliphatic rings. The Morgan fingerprint density at radius 2 is 2.00 bits per heavy atom. The van der Waals surface area contributed by atoms with Gasteiger partial charge in [0.2, 0.25) is 5.95 Å². The predicted molar refractivity (Wildman–Crippen MR) is 102 cm³/mol. The molecule has 0 aliphatic carbocycles. The lowest BCUT2D eigenvalue weighted by Crippen LogP contribution is -2.42. The number of carbonyl (C=O) groups excluding carboxylic acids is 1. The number of rotatable bonds is 7. The lowest BCUT2D eigenvalue weighted by Gasteiger charge is -2.18. The van der Waals surface area contributed by atoms with Gasteiger partial charge in [0.15, 0.2) is 23.8 Å². The molecule has 28 heavy (non-hydrogen) atoms. The number of hydrogen-bond donors (Lipinski definition) is 5. The largest absolute Gasteiger partial charge is 0.387 e. The van der Waals surface area contributed by atoms with Crippen LogP contribution < -0.4 is 16.4 Å². The van der Waals surface area contributed by atoms with Crippen LogP contribution in [-0.4, -0.2) is 66.5 Å². The summed E-state index contributed by atoms with van der Waals surface area (Å²) in [4.78, 5) is 25.0. The number of nitrogens with one attached hydrogen (secondary N) is 2. The highest BCUT2D eigenvalue weighted by Gasteiger charge is 2.47. The van der Waals surface area contributed by atoms with Gasteiger partial charge in [-0.1, -0.05) is 13.8 Å². The normalized spacial score (nSPS) is 24.8. The maximum atomic E-state index is 12.1. The van der Waals surface area contributed by atoms with Crippen LogP contribution in [0, 0.1) is 0 Å².